The summed E-state index contributed by atoms with van der Waals surface area (Å²) in [7, 11) is 0. The lowest BCUT2D eigenvalue weighted by molar-refractivity contribution is -0.130. The molecule has 1 unspecified atom stereocenters. The van der Waals surface area contributed by atoms with Gasteiger partial charge < -0.3 is 20.0 Å². The van der Waals surface area contributed by atoms with E-state index in [1.165, 1.54) is 0 Å². The molecule has 0 saturated carbocycles. The number of hydrogen-bond donors (Lipinski definition) is 2. The number of benzene rings is 1. The van der Waals surface area contributed by atoms with Crippen LogP contribution >= 0.6 is 0 Å². The maximum absolute atomic E-state index is 12.3. The van der Waals surface area contributed by atoms with Gasteiger partial charge in [0, 0.05) is 18.6 Å². The van der Waals surface area contributed by atoms with Crippen molar-refractivity contribution in [3.8, 4) is 6.07 Å². The first kappa shape index (κ1) is 17.2. The zero-order chi connectivity index (χ0) is 17.9. The van der Waals surface area contributed by atoms with E-state index < -0.39 is 0 Å². The van der Waals surface area contributed by atoms with Crippen LogP contribution in [0.4, 0.5) is 6.01 Å². The van der Waals surface area contributed by atoms with Crippen LogP contribution in [0.1, 0.15) is 26.7 Å². The highest BCUT2D eigenvalue weighted by atomic mass is 16.4. The molecule has 7 nitrogen and oxygen atoms in total. The van der Waals surface area contributed by atoms with Crippen molar-refractivity contribution in [3.05, 3.63) is 24.3 Å². The number of fused-ring (bicyclic) bond motifs is 1. The summed E-state index contributed by atoms with van der Waals surface area (Å²) in [5, 5.41) is 15.5. The lowest BCUT2D eigenvalue weighted by Gasteiger charge is -2.28. The van der Waals surface area contributed by atoms with E-state index in [0.717, 1.165) is 23.9 Å². The molecule has 1 aromatic carbocycles. The second kappa shape index (κ2) is 7.11. The van der Waals surface area contributed by atoms with E-state index >= 15 is 0 Å². The Hall–Kier alpha value is -2.59. The quantitative estimate of drug-likeness (QED) is 0.836. The van der Waals surface area contributed by atoms with Gasteiger partial charge in [-0.1, -0.05) is 12.1 Å². The number of aromatic nitrogens is 1. The molecule has 25 heavy (non-hydrogen) atoms. The minimum absolute atomic E-state index is 0.0287. The standard InChI is InChI=1S/C18H23N5O2/c1-18(2,21-11-16(24)23-9-5-6-13(23)10-19)12-20-17-22-14-7-3-4-8-15(14)25-17/h3-4,7-8,13,21H,5-6,9,11-12H2,1-2H3,(H,20,22). The van der Waals surface area contributed by atoms with E-state index in [0.29, 0.717) is 19.1 Å². The fourth-order valence-electron chi connectivity index (χ4n) is 2.92. The van der Waals surface area contributed by atoms with Gasteiger partial charge in [0.05, 0.1) is 12.6 Å². The van der Waals surface area contributed by atoms with Gasteiger partial charge in [-0.15, -0.1) is 0 Å². The number of nitrogens with one attached hydrogen (secondary N) is 2. The first-order valence-corrected chi connectivity index (χ1v) is 8.52. The monoisotopic (exact) mass is 341 g/mol. The minimum atomic E-state index is -0.335. The van der Waals surface area contributed by atoms with Crippen LogP contribution in [0.15, 0.2) is 28.7 Å². The molecule has 1 fully saturated rings. The van der Waals surface area contributed by atoms with Gasteiger partial charge in [-0.3, -0.25) is 4.79 Å². The highest BCUT2D eigenvalue weighted by Crippen LogP contribution is 2.19. The molecular weight excluding hydrogens is 318 g/mol. The molecule has 0 radical (unpaired) electrons. The topological polar surface area (TPSA) is 94.2 Å². The third-order valence-electron chi connectivity index (χ3n) is 4.42. The van der Waals surface area contributed by atoms with Crippen molar-refractivity contribution < 1.29 is 9.21 Å². The molecule has 2 aromatic rings. The van der Waals surface area contributed by atoms with Crippen LogP contribution in [0.5, 0.6) is 0 Å². The molecule has 7 heteroatoms. The average Bonchev–Trinajstić information content (AvgIpc) is 3.24. The van der Waals surface area contributed by atoms with Gasteiger partial charge in [0.25, 0.3) is 6.01 Å². The highest BCUT2D eigenvalue weighted by Gasteiger charge is 2.29. The number of nitrogens with zero attached hydrogens (tertiary/aromatic N) is 3. The maximum atomic E-state index is 12.3. The van der Waals surface area contributed by atoms with Crippen molar-refractivity contribution in [3.63, 3.8) is 0 Å². The van der Waals surface area contributed by atoms with Crippen LogP contribution in [0.25, 0.3) is 11.1 Å². The Morgan fingerprint density at radius 2 is 2.28 bits per heavy atom. The number of carbonyl (C=O) groups is 1. The lowest BCUT2D eigenvalue weighted by atomic mass is 10.1. The van der Waals surface area contributed by atoms with Gasteiger partial charge in [-0.05, 0) is 38.8 Å². The summed E-state index contributed by atoms with van der Waals surface area (Å²) < 4.78 is 5.64. The van der Waals surface area contributed by atoms with E-state index in [4.69, 9.17) is 9.68 Å². The summed E-state index contributed by atoms with van der Waals surface area (Å²) in [6.45, 7) is 5.43. The van der Waals surface area contributed by atoms with Crippen LogP contribution in [0.2, 0.25) is 0 Å². The van der Waals surface area contributed by atoms with Crippen LogP contribution < -0.4 is 10.6 Å². The number of amides is 1. The summed E-state index contributed by atoms with van der Waals surface area (Å²) >= 11 is 0. The van der Waals surface area contributed by atoms with E-state index in [-0.39, 0.29) is 24.0 Å². The molecule has 132 valence electrons. The molecular formula is C18H23N5O2. The van der Waals surface area contributed by atoms with E-state index in [1.807, 2.05) is 38.1 Å². The van der Waals surface area contributed by atoms with Crippen LogP contribution in [0, 0.1) is 11.3 Å². The lowest BCUT2D eigenvalue weighted by Crippen LogP contribution is -2.50. The molecule has 0 bridgehead atoms. The predicted octanol–water partition coefficient (Wildman–Crippen LogP) is 2.12. The van der Waals surface area contributed by atoms with Crippen molar-refractivity contribution in [1.29, 1.82) is 5.26 Å². The first-order chi connectivity index (χ1) is 12.0. The molecule has 0 spiro atoms. The third kappa shape index (κ3) is 4.09. The Bertz CT molecular complexity index is 759. The van der Waals surface area contributed by atoms with Crippen molar-refractivity contribution >= 4 is 23.0 Å². The van der Waals surface area contributed by atoms with E-state index in [1.54, 1.807) is 4.90 Å². The fourth-order valence-corrected chi connectivity index (χ4v) is 2.92. The Kier molecular flexibility index (Phi) is 4.91. The molecule has 1 aliphatic heterocycles. The van der Waals surface area contributed by atoms with Crippen molar-refractivity contribution in [2.24, 2.45) is 0 Å². The summed E-state index contributed by atoms with van der Waals surface area (Å²) in [4.78, 5) is 18.4. The Labute approximate surface area is 147 Å². The summed E-state index contributed by atoms with van der Waals surface area (Å²) in [6, 6.07) is 9.97. The van der Waals surface area contributed by atoms with Gasteiger partial charge in [-0.2, -0.15) is 10.2 Å². The summed E-state index contributed by atoms with van der Waals surface area (Å²) in [5.74, 6) is -0.0287. The molecule has 1 atom stereocenters. The van der Waals surface area contributed by atoms with Crippen molar-refractivity contribution in [1.82, 2.24) is 15.2 Å². The third-order valence-corrected chi connectivity index (χ3v) is 4.42. The normalized spacial score (nSPS) is 17.6. The number of oxazole rings is 1. The second-order valence-electron chi connectivity index (χ2n) is 6.95. The predicted molar refractivity (Wildman–Crippen MR) is 94.9 cm³/mol. The minimum Gasteiger partial charge on any atom is -0.424 e. The Morgan fingerprint density at radius 1 is 1.48 bits per heavy atom. The molecule has 1 aliphatic rings. The summed E-state index contributed by atoms with van der Waals surface area (Å²) in [5.41, 5.74) is 1.21. The molecule has 2 heterocycles. The fraction of sp³-hybridized carbons (Fsp3) is 0.500. The van der Waals surface area contributed by atoms with Crippen molar-refractivity contribution in [2.45, 2.75) is 38.3 Å². The van der Waals surface area contributed by atoms with Gasteiger partial charge in [0.2, 0.25) is 5.91 Å². The number of nitriles is 1. The van der Waals surface area contributed by atoms with Crippen LogP contribution in [0.3, 0.4) is 0 Å². The molecule has 1 amide bonds. The molecule has 2 N–H and O–H groups in total. The van der Waals surface area contributed by atoms with Crippen LogP contribution in [-0.4, -0.2) is 47.0 Å². The number of hydrogen-bond acceptors (Lipinski definition) is 6. The average molecular weight is 341 g/mol. The highest BCUT2D eigenvalue weighted by molar-refractivity contribution is 5.79. The Morgan fingerprint density at radius 3 is 3.04 bits per heavy atom. The number of likely N-dealkylation sites (tertiary alicyclic amines) is 1. The molecule has 1 aromatic heterocycles. The SMILES string of the molecule is CC(C)(CNc1nc2ccccc2o1)NCC(=O)N1CCCC1C#N. The number of carbonyl (C=O) groups excluding carboxylic acids is 1. The number of para-hydroxylation sites is 2. The van der Waals surface area contributed by atoms with Gasteiger partial charge in [0.1, 0.15) is 11.6 Å². The largest absolute Gasteiger partial charge is 0.424 e. The smallest absolute Gasteiger partial charge is 0.295 e. The molecule has 3 rings (SSSR count). The zero-order valence-electron chi connectivity index (χ0n) is 14.6. The number of rotatable bonds is 6. The summed E-state index contributed by atoms with van der Waals surface area (Å²) in [6.07, 6.45) is 1.66. The molecule has 1 saturated heterocycles. The van der Waals surface area contributed by atoms with E-state index in [2.05, 4.69) is 21.7 Å². The van der Waals surface area contributed by atoms with Gasteiger partial charge in [-0.25, -0.2) is 0 Å². The van der Waals surface area contributed by atoms with E-state index in [9.17, 15) is 4.79 Å². The maximum Gasteiger partial charge on any atom is 0.295 e. The molecule has 0 aliphatic carbocycles. The van der Waals surface area contributed by atoms with Crippen molar-refractivity contribution in [2.75, 3.05) is 25.0 Å². The Balaban J connectivity index is 1.51. The van der Waals surface area contributed by atoms with Crippen LogP contribution in [-0.2, 0) is 4.79 Å². The van der Waals surface area contributed by atoms with Gasteiger partial charge >= 0.3 is 0 Å². The number of anilines is 1. The second-order valence-corrected chi connectivity index (χ2v) is 6.95. The first-order valence-electron chi connectivity index (χ1n) is 8.52. The van der Waals surface area contributed by atoms with Gasteiger partial charge in [0.15, 0.2) is 5.58 Å². The zero-order valence-corrected chi connectivity index (χ0v) is 14.6.